The van der Waals surface area contributed by atoms with Gasteiger partial charge in [-0.3, -0.25) is 4.98 Å². The second kappa shape index (κ2) is 4.37. The summed E-state index contributed by atoms with van der Waals surface area (Å²) < 4.78 is 11.0. The highest BCUT2D eigenvalue weighted by Gasteiger charge is 2.12. The van der Waals surface area contributed by atoms with Gasteiger partial charge in [-0.15, -0.1) is 0 Å². The Morgan fingerprint density at radius 3 is 3.00 bits per heavy atom. The van der Waals surface area contributed by atoms with E-state index in [1.54, 1.807) is 24.5 Å². The minimum absolute atomic E-state index is 0.343. The maximum Gasteiger partial charge on any atom is 0.120 e. The smallest absolute Gasteiger partial charge is 0.120 e. The Morgan fingerprint density at radius 1 is 1.53 bits per heavy atom. The Bertz CT molecular complexity index is 520. The molecular weight excluding hydrogens is 234 g/mol. The molecule has 1 N–H and O–H groups in total. The van der Waals surface area contributed by atoms with Crippen LogP contribution in [0.3, 0.4) is 0 Å². The molecule has 2 heterocycles. The molecule has 0 spiro atoms. The fraction of sp³-hybridized carbons (Fsp3) is 0. The van der Waals surface area contributed by atoms with Crippen LogP contribution >= 0.6 is 11.6 Å². The summed E-state index contributed by atoms with van der Waals surface area (Å²) in [6, 6.07) is 3.41. The molecule has 4 nitrogen and oxygen atoms in total. The number of halogens is 1. The van der Waals surface area contributed by atoms with Gasteiger partial charge in [0.1, 0.15) is 21.8 Å². The number of rotatable bonds is 2. The summed E-state index contributed by atoms with van der Waals surface area (Å²) in [6.45, 7) is 0. The van der Waals surface area contributed by atoms with Crippen LogP contribution in [0.25, 0.3) is 0 Å². The molecule has 2 rings (SSSR count). The standard InChI is InChI=1S/C9H6ClN3OS/c10-6-2-1-3-12-8(6)9(15-14)7-4-11-5-13-7/h1-5H,(H,11,13). The molecule has 2 aromatic heterocycles. The summed E-state index contributed by atoms with van der Waals surface area (Å²) in [6.07, 6.45) is 4.65. The fourth-order valence-corrected chi connectivity index (χ4v) is 1.86. The predicted molar refractivity (Wildman–Crippen MR) is 59.2 cm³/mol. The lowest BCUT2D eigenvalue weighted by molar-refractivity contribution is 0.701. The second-order valence-corrected chi connectivity index (χ2v) is 3.69. The number of hydrogen-bond donors (Lipinski definition) is 1. The van der Waals surface area contributed by atoms with E-state index >= 15 is 0 Å². The second-order valence-electron chi connectivity index (χ2n) is 2.71. The zero-order valence-corrected chi connectivity index (χ0v) is 9.05. The summed E-state index contributed by atoms with van der Waals surface area (Å²) in [7, 11) is 0. The van der Waals surface area contributed by atoms with E-state index in [0.29, 0.717) is 32.5 Å². The van der Waals surface area contributed by atoms with Gasteiger partial charge in [-0.25, -0.2) is 9.19 Å². The van der Waals surface area contributed by atoms with Crippen LogP contribution in [0, 0.1) is 0 Å². The molecule has 0 saturated heterocycles. The number of H-pyrrole nitrogens is 1. The number of aromatic nitrogens is 3. The van der Waals surface area contributed by atoms with Crippen LogP contribution in [-0.2, 0) is 11.3 Å². The van der Waals surface area contributed by atoms with Crippen molar-refractivity contribution in [2.24, 2.45) is 0 Å². The van der Waals surface area contributed by atoms with Crippen molar-refractivity contribution in [3.05, 3.63) is 47.3 Å². The van der Waals surface area contributed by atoms with Gasteiger partial charge in [0.05, 0.1) is 23.2 Å². The number of pyridine rings is 1. The first-order chi connectivity index (χ1) is 7.33. The molecule has 0 atom stereocenters. The van der Waals surface area contributed by atoms with Crippen LogP contribution in [0.2, 0.25) is 5.02 Å². The highest BCUT2D eigenvalue weighted by Crippen LogP contribution is 2.15. The van der Waals surface area contributed by atoms with E-state index in [9.17, 15) is 4.21 Å². The van der Waals surface area contributed by atoms with Gasteiger partial charge < -0.3 is 4.98 Å². The molecule has 0 amide bonds. The van der Waals surface area contributed by atoms with E-state index < -0.39 is 0 Å². The third-order valence-electron chi connectivity index (χ3n) is 1.80. The molecular formula is C9H6ClN3OS. The number of imidazole rings is 1. The predicted octanol–water partition coefficient (Wildman–Crippen LogP) is 1.24. The van der Waals surface area contributed by atoms with Crippen molar-refractivity contribution in [2.75, 3.05) is 0 Å². The van der Waals surface area contributed by atoms with Gasteiger partial charge in [-0.05, 0) is 12.1 Å². The van der Waals surface area contributed by atoms with Crippen LogP contribution in [0.5, 0.6) is 0 Å². The molecule has 0 aliphatic rings. The first-order valence-corrected chi connectivity index (χ1v) is 5.21. The Kier molecular flexibility index (Phi) is 2.94. The van der Waals surface area contributed by atoms with E-state index in [4.69, 9.17) is 11.6 Å². The zero-order valence-electron chi connectivity index (χ0n) is 7.48. The lowest BCUT2D eigenvalue weighted by Gasteiger charge is -2.01. The average molecular weight is 240 g/mol. The molecule has 0 fully saturated rings. The van der Waals surface area contributed by atoms with Gasteiger partial charge in [0.25, 0.3) is 0 Å². The number of hydrogen-bond acceptors (Lipinski definition) is 3. The number of nitrogens with one attached hydrogen (secondary N) is 1. The van der Waals surface area contributed by atoms with Gasteiger partial charge in [0.15, 0.2) is 0 Å². The van der Waals surface area contributed by atoms with E-state index in [1.807, 2.05) is 0 Å². The van der Waals surface area contributed by atoms with Crippen molar-refractivity contribution in [3.8, 4) is 0 Å². The highest BCUT2D eigenvalue weighted by molar-refractivity contribution is 7.67. The molecule has 15 heavy (non-hydrogen) atoms. The summed E-state index contributed by atoms with van der Waals surface area (Å²) in [5.74, 6) is 0. The van der Waals surface area contributed by atoms with Crippen molar-refractivity contribution >= 4 is 27.7 Å². The van der Waals surface area contributed by atoms with Crippen molar-refractivity contribution in [2.45, 2.75) is 0 Å². The van der Waals surface area contributed by atoms with Crippen LogP contribution in [0.15, 0.2) is 30.9 Å². The number of nitrogens with zero attached hydrogens (tertiary/aromatic N) is 2. The van der Waals surface area contributed by atoms with Gasteiger partial charge >= 0.3 is 0 Å². The molecule has 0 saturated carbocycles. The van der Waals surface area contributed by atoms with Gasteiger partial charge in [0, 0.05) is 6.20 Å². The average Bonchev–Trinajstić information content (AvgIpc) is 2.75. The number of aromatic amines is 1. The van der Waals surface area contributed by atoms with Crippen molar-refractivity contribution < 1.29 is 4.21 Å². The molecule has 0 unspecified atom stereocenters. The fourth-order valence-electron chi connectivity index (χ4n) is 1.14. The summed E-state index contributed by atoms with van der Waals surface area (Å²) in [5, 5.41) is 0.449. The molecule has 2 aromatic rings. The van der Waals surface area contributed by atoms with E-state index in [2.05, 4.69) is 15.0 Å². The lowest BCUT2D eigenvalue weighted by Crippen LogP contribution is -2.06. The summed E-state index contributed by atoms with van der Waals surface area (Å²) in [4.78, 5) is 11.2. The Labute approximate surface area is 94.4 Å². The van der Waals surface area contributed by atoms with Crippen LogP contribution in [-0.4, -0.2) is 24.0 Å². The van der Waals surface area contributed by atoms with Crippen molar-refractivity contribution in [1.29, 1.82) is 0 Å². The molecule has 6 heteroatoms. The third kappa shape index (κ3) is 1.98. The monoisotopic (exact) mass is 239 g/mol. The van der Waals surface area contributed by atoms with Crippen LogP contribution in [0.1, 0.15) is 11.4 Å². The SMILES string of the molecule is O=S=C(c1cnc[nH]1)c1ncccc1Cl. The maximum atomic E-state index is 11.0. The van der Waals surface area contributed by atoms with E-state index in [0.717, 1.165) is 0 Å². The molecule has 0 bridgehead atoms. The van der Waals surface area contributed by atoms with Crippen LogP contribution in [0.4, 0.5) is 0 Å². The van der Waals surface area contributed by atoms with E-state index in [-0.39, 0.29) is 0 Å². The quantitative estimate of drug-likeness (QED) is 0.634. The minimum Gasteiger partial charge on any atom is -0.344 e. The van der Waals surface area contributed by atoms with Gasteiger partial charge in [-0.1, -0.05) is 11.6 Å². The van der Waals surface area contributed by atoms with Gasteiger partial charge in [0.2, 0.25) is 0 Å². The molecule has 0 aliphatic heterocycles. The molecule has 76 valence electrons. The maximum absolute atomic E-state index is 11.0. The third-order valence-corrected chi connectivity index (χ3v) is 2.68. The van der Waals surface area contributed by atoms with E-state index in [1.165, 1.54) is 6.33 Å². The van der Waals surface area contributed by atoms with Crippen molar-refractivity contribution in [1.82, 2.24) is 15.0 Å². The molecule has 0 aliphatic carbocycles. The first kappa shape index (κ1) is 10.1. The van der Waals surface area contributed by atoms with Crippen molar-refractivity contribution in [3.63, 3.8) is 0 Å². The van der Waals surface area contributed by atoms with Gasteiger partial charge in [-0.2, -0.15) is 0 Å². The Hall–Kier alpha value is -1.46. The zero-order chi connectivity index (χ0) is 10.7. The Balaban J connectivity index is 2.55. The first-order valence-electron chi connectivity index (χ1n) is 4.09. The minimum atomic E-state index is 0.343. The largest absolute Gasteiger partial charge is 0.344 e. The normalized spacial score (nSPS) is 9.93. The topological polar surface area (TPSA) is 58.6 Å². The molecule has 0 radical (unpaired) electrons. The molecule has 0 aromatic carbocycles. The Morgan fingerprint density at radius 2 is 2.40 bits per heavy atom. The van der Waals surface area contributed by atoms with Crippen LogP contribution < -0.4 is 0 Å². The highest BCUT2D eigenvalue weighted by atomic mass is 35.5. The lowest BCUT2D eigenvalue weighted by atomic mass is 10.2. The summed E-state index contributed by atoms with van der Waals surface area (Å²) >= 11 is 6.29. The summed E-state index contributed by atoms with van der Waals surface area (Å²) in [5.41, 5.74) is 1.10.